The van der Waals surface area contributed by atoms with Crippen molar-refractivity contribution in [3.63, 3.8) is 0 Å². The Morgan fingerprint density at radius 1 is 0.850 bits per heavy atom. The Labute approximate surface area is 119 Å². The molecule has 2 aliphatic rings. The quantitative estimate of drug-likeness (QED) is 0.846. The highest BCUT2D eigenvalue weighted by Crippen LogP contribution is 2.18. The highest BCUT2D eigenvalue weighted by Gasteiger charge is 2.21. The summed E-state index contributed by atoms with van der Waals surface area (Å²) in [5.41, 5.74) is 2.05. The lowest BCUT2D eigenvalue weighted by atomic mass is 10.1. The van der Waals surface area contributed by atoms with Crippen LogP contribution in [0.3, 0.4) is 0 Å². The van der Waals surface area contributed by atoms with E-state index in [9.17, 15) is 0 Å². The van der Waals surface area contributed by atoms with E-state index in [4.69, 9.17) is 9.47 Å². The number of benzene rings is 1. The Hall–Kier alpha value is -1.84. The molecule has 0 saturated carbocycles. The summed E-state index contributed by atoms with van der Waals surface area (Å²) in [5.74, 6) is 1.51. The van der Waals surface area contributed by atoms with Gasteiger partial charge in [0.05, 0.1) is 13.1 Å². The fraction of sp³-hybridized carbons (Fsp3) is 0.500. The van der Waals surface area contributed by atoms with Gasteiger partial charge in [0.15, 0.2) is 0 Å². The Kier molecular flexibility index (Phi) is 3.72. The zero-order valence-electron chi connectivity index (χ0n) is 12.0. The summed E-state index contributed by atoms with van der Waals surface area (Å²) >= 11 is 0. The second kappa shape index (κ2) is 5.65. The minimum Gasteiger partial charge on any atom is -0.472 e. The van der Waals surface area contributed by atoms with Crippen molar-refractivity contribution in [1.82, 2.24) is 0 Å². The van der Waals surface area contributed by atoms with Crippen LogP contribution >= 0.6 is 0 Å². The van der Waals surface area contributed by atoms with Crippen LogP contribution in [0.5, 0.6) is 0 Å². The lowest BCUT2D eigenvalue weighted by molar-refractivity contribution is 0.220. The molecule has 0 fully saturated rings. The van der Waals surface area contributed by atoms with E-state index in [1.165, 1.54) is 0 Å². The van der Waals surface area contributed by atoms with Crippen molar-refractivity contribution in [3.8, 4) is 0 Å². The largest absolute Gasteiger partial charge is 0.472 e. The summed E-state index contributed by atoms with van der Waals surface area (Å²) in [6.45, 7) is 5.76. The molecule has 4 heteroatoms. The lowest BCUT2D eigenvalue weighted by Crippen LogP contribution is -2.13. The van der Waals surface area contributed by atoms with E-state index in [1.54, 1.807) is 0 Å². The number of nitrogens with zero attached hydrogens (tertiary/aromatic N) is 2. The molecule has 2 unspecified atom stereocenters. The third-order valence-corrected chi connectivity index (χ3v) is 3.72. The van der Waals surface area contributed by atoms with Gasteiger partial charge < -0.3 is 9.47 Å². The summed E-state index contributed by atoms with van der Waals surface area (Å²) in [6, 6.07) is 8.10. The maximum atomic E-state index is 5.78. The average molecular weight is 272 g/mol. The van der Waals surface area contributed by atoms with Gasteiger partial charge in [0, 0.05) is 11.1 Å². The normalized spacial score (nSPS) is 24.9. The van der Waals surface area contributed by atoms with Gasteiger partial charge in [-0.05, 0) is 37.1 Å². The second-order valence-electron chi connectivity index (χ2n) is 5.17. The highest BCUT2D eigenvalue weighted by molar-refractivity contribution is 5.98. The molecular formula is C16H20N2O2. The van der Waals surface area contributed by atoms with Gasteiger partial charge in [-0.15, -0.1) is 0 Å². The number of ether oxygens (including phenoxy) is 2. The van der Waals surface area contributed by atoms with E-state index in [2.05, 4.69) is 23.8 Å². The molecular weight excluding hydrogens is 252 g/mol. The van der Waals surface area contributed by atoms with Gasteiger partial charge in [-0.2, -0.15) is 0 Å². The molecule has 20 heavy (non-hydrogen) atoms. The summed E-state index contributed by atoms with van der Waals surface area (Å²) in [4.78, 5) is 8.89. The lowest BCUT2D eigenvalue weighted by Gasteiger charge is -2.10. The fourth-order valence-corrected chi connectivity index (χ4v) is 2.33. The Balaban J connectivity index is 1.70. The van der Waals surface area contributed by atoms with Crippen molar-refractivity contribution >= 4 is 11.8 Å². The van der Waals surface area contributed by atoms with Crippen molar-refractivity contribution in [2.45, 2.75) is 38.9 Å². The van der Waals surface area contributed by atoms with E-state index in [-0.39, 0.29) is 12.2 Å². The molecule has 0 saturated heterocycles. The predicted molar refractivity (Wildman–Crippen MR) is 79.6 cm³/mol. The van der Waals surface area contributed by atoms with Crippen LogP contribution in [-0.4, -0.2) is 37.1 Å². The molecule has 0 N–H and O–H groups in total. The molecule has 3 rings (SSSR count). The van der Waals surface area contributed by atoms with Crippen molar-refractivity contribution in [2.75, 3.05) is 13.1 Å². The molecule has 1 aromatic carbocycles. The van der Waals surface area contributed by atoms with Crippen molar-refractivity contribution in [2.24, 2.45) is 9.98 Å². The van der Waals surface area contributed by atoms with E-state index in [1.807, 2.05) is 24.3 Å². The van der Waals surface area contributed by atoms with Crippen LogP contribution in [0.2, 0.25) is 0 Å². The summed E-state index contributed by atoms with van der Waals surface area (Å²) in [7, 11) is 0. The monoisotopic (exact) mass is 272 g/mol. The molecule has 2 aliphatic heterocycles. The minimum atomic E-state index is 0.234. The fourth-order valence-electron chi connectivity index (χ4n) is 2.33. The third kappa shape index (κ3) is 2.55. The third-order valence-electron chi connectivity index (χ3n) is 3.72. The number of hydrogen-bond acceptors (Lipinski definition) is 4. The molecule has 4 nitrogen and oxygen atoms in total. The van der Waals surface area contributed by atoms with Crippen LogP contribution < -0.4 is 0 Å². The first-order chi connectivity index (χ1) is 9.80. The Morgan fingerprint density at radius 3 is 1.55 bits per heavy atom. The van der Waals surface area contributed by atoms with Crippen LogP contribution in [0.25, 0.3) is 0 Å². The van der Waals surface area contributed by atoms with Gasteiger partial charge in [0.1, 0.15) is 12.2 Å². The van der Waals surface area contributed by atoms with Crippen LogP contribution in [0.1, 0.15) is 37.8 Å². The molecule has 1 aromatic rings. The number of hydrogen-bond donors (Lipinski definition) is 0. The van der Waals surface area contributed by atoms with Crippen LogP contribution in [0, 0.1) is 0 Å². The van der Waals surface area contributed by atoms with Gasteiger partial charge in [-0.1, -0.05) is 13.8 Å². The number of rotatable bonds is 4. The first-order valence-corrected chi connectivity index (χ1v) is 7.33. The molecule has 106 valence electrons. The SMILES string of the molecule is CCC1CN=C(c2ccc(C3=NCC(CC)O3)cc2)O1. The summed E-state index contributed by atoms with van der Waals surface area (Å²) in [6.07, 6.45) is 2.46. The summed E-state index contributed by atoms with van der Waals surface area (Å²) in [5, 5.41) is 0. The molecule has 0 spiro atoms. The molecule has 2 heterocycles. The Bertz CT molecular complexity index is 485. The van der Waals surface area contributed by atoms with Gasteiger partial charge >= 0.3 is 0 Å². The highest BCUT2D eigenvalue weighted by atomic mass is 16.5. The van der Waals surface area contributed by atoms with Crippen LogP contribution in [-0.2, 0) is 9.47 Å². The molecule has 0 aromatic heterocycles. The van der Waals surface area contributed by atoms with Crippen LogP contribution in [0.15, 0.2) is 34.3 Å². The predicted octanol–water partition coefficient (Wildman–Crippen LogP) is 2.80. The topological polar surface area (TPSA) is 43.2 Å². The molecule has 0 aliphatic carbocycles. The molecule has 0 radical (unpaired) electrons. The standard InChI is InChI=1S/C16H20N2O2/c1-3-13-9-17-15(19-13)11-5-7-12(8-6-11)16-18-10-14(4-2)20-16/h5-8,13-14H,3-4,9-10H2,1-2H3. The van der Waals surface area contributed by atoms with Crippen molar-refractivity contribution < 1.29 is 9.47 Å². The molecule has 0 amide bonds. The number of aliphatic imine (C=N–C) groups is 2. The van der Waals surface area contributed by atoms with Gasteiger partial charge in [-0.25, -0.2) is 9.98 Å². The van der Waals surface area contributed by atoms with E-state index in [0.29, 0.717) is 0 Å². The maximum Gasteiger partial charge on any atom is 0.216 e. The maximum absolute atomic E-state index is 5.78. The van der Waals surface area contributed by atoms with E-state index >= 15 is 0 Å². The van der Waals surface area contributed by atoms with Crippen LogP contribution in [0.4, 0.5) is 0 Å². The van der Waals surface area contributed by atoms with E-state index < -0.39 is 0 Å². The summed E-state index contributed by atoms with van der Waals surface area (Å²) < 4.78 is 11.6. The van der Waals surface area contributed by atoms with Gasteiger partial charge in [-0.3, -0.25) is 0 Å². The zero-order chi connectivity index (χ0) is 13.9. The van der Waals surface area contributed by atoms with Gasteiger partial charge in [0.2, 0.25) is 11.8 Å². The molecule has 2 atom stereocenters. The molecule has 0 bridgehead atoms. The van der Waals surface area contributed by atoms with Crippen molar-refractivity contribution in [1.29, 1.82) is 0 Å². The Morgan fingerprint density at radius 2 is 1.25 bits per heavy atom. The average Bonchev–Trinajstić information content (AvgIpc) is 3.16. The minimum absolute atomic E-state index is 0.234. The first-order valence-electron chi connectivity index (χ1n) is 7.33. The zero-order valence-corrected chi connectivity index (χ0v) is 12.0. The van der Waals surface area contributed by atoms with Crippen molar-refractivity contribution in [3.05, 3.63) is 35.4 Å². The second-order valence-corrected chi connectivity index (χ2v) is 5.17. The van der Waals surface area contributed by atoms with E-state index in [0.717, 1.165) is 48.9 Å². The van der Waals surface area contributed by atoms with Gasteiger partial charge in [0.25, 0.3) is 0 Å². The first kappa shape index (κ1) is 13.2. The smallest absolute Gasteiger partial charge is 0.216 e.